The number of carbonyl (C=O) groups is 1. The lowest BCUT2D eigenvalue weighted by Crippen LogP contribution is -2.32. The topological polar surface area (TPSA) is 102 Å². The first-order valence-electron chi connectivity index (χ1n) is 5.74. The fourth-order valence-corrected chi connectivity index (χ4v) is 2.13. The number of carbonyl (C=O) groups excluding carboxylic acids is 1. The van der Waals surface area contributed by atoms with Crippen LogP contribution in [0.25, 0.3) is 0 Å². The second-order valence-electron chi connectivity index (χ2n) is 3.97. The average Bonchev–Trinajstić information content (AvgIpc) is 2.34. The van der Waals surface area contributed by atoms with Crippen LogP contribution in [0.15, 0.2) is 12.1 Å². The second-order valence-corrected chi connectivity index (χ2v) is 4.37. The van der Waals surface area contributed by atoms with Gasteiger partial charge in [0.2, 0.25) is 0 Å². The van der Waals surface area contributed by atoms with E-state index < -0.39 is 5.91 Å². The first-order valence-corrected chi connectivity index (χ1v) is 6.12. The van der Waals surface area contributed by atoms with Gasteiger partial charge in [-0.2, -0.15) is 0 Å². The fourth-order valence-electron chi connectivity index (χ4n) is 1.79. The maximum Gasteiger partial charge on any atom is 0.250 e. The van der Waals surface area contributed by atoms with Crippen LogP contribution in [-0.4, -0.2) is 44.4 Å². The van der Waals surface area contributed by atoms with Gasteiger partial charge < -0.3 is 26.2 Å². The Balaban J connectivity index is 3.23. The van der Waals surface area contributed by atoms with E-state index in [4.69, 9.17) is 32.9 Å². The van der Waals surface area contributed by atoms with Gasteiger partial charge in [0.25, 0.3) is 5.91 Å². The third-order valence-corrected chi connectivity index (χ3v) is 2.89. The van der Waals surface area contributed by atoms with Crippen LogP contribution in [0.5, 0.6) is 0 Å². The molecule has 1 aromatic carbocycles. The van der Waals surface area contributed by atoms with Gasteiger partial charge in [0.15, 0.2) is 0 Å². The third-order valence-electron chi connectivity index (χ3n) is 2.60. The van der Waals surface area contributed by atoms with Crippen molar-refractivity contribution in [3.05, 3.63) is 22.7 Å². The molecule has 0 aliphatic carbocycles. The fraction of sp³-hybridized carbons (Fsp3) is 0.417. The van der Waals surface area contributed by atoms with Gasteiger partial charge in [0, 0.05) is 25.9 Å². The molecule has 0 aliphatic heterocycles. The van der Waals surface area contributed by atoms with E-state index in [0.717, 1.165) is 0 Å². The van der Waals surface area contributed by atoms with Gasteiger partial charge in [-0.3, -0.25) is 4.79 Å². The molecule has 0 spiro atoms. The Kier molecular flexibility index (Phi) is 5.88. The lowest BCUT2D eigenvalue weighted by molar-refractivity contribution is 0.100. The highest BCUT2D eigenvalue weighted by Gasteiger charge is 2.19. The third kappa shape index (κ3) is 3.99. The largest absolute Gasteiger partial charge is 0.399 e. The SMILES string of the molecule is COCCN(CCO)c1c(Cl)cc(N)cc1C(N)=O. The van der Waals surface area contributed by atoms with Crippen molar-refractivity contribution in [3.8, 4) is 0 Å². The van der Waals surface area contributed by atoms with Crippen LogP contribution >= 0.6 is 11.6 Å². The van der Waals surface area contributed by atoms with Crippen LogP contribution in [0.1, 0.15) is 10.4 Å². The van der Waals surface area contributed by atoms with Crippen LogP contribution in [0.4, 0.5) is 11.4 Å². The maximum absolute atomic E-state index is 11.5. The molecule has 0 heterocycles. The number of primary amides is 1. The minimum Gasteiger partial charge on any atom is -0.399 e. The standard InChI is InChI=1S/C12H18ClN3O3/c1-19-5-3-16(2-4-17)11-9(12(15)18)6-8(14)7-10(11)13/h6-7,17H,2-5,14H2,1H3,(H2,15,18). The quantitative estimate of drug-likeness (QED) is 0.633. The first-order chi connectivity index (χ1) is 9.01. The molecule has 0 bridgehead atoms. The van der Waals surface area contributed by atoms with Crippen LogP contribution < -0.4 is 16.4 Å². The van der Waals surface area contributed by atoms with Crippen LogP contribution in [0.3, 0.4) is 0 Å². The molecule has 7 heteroatoms. The minimum absolute atomic E-state index is 0.0807. The first kappa shape index (κ1) is 15.6. The molecule has 0 aliphatic rings. The normalized spacial score (nSPS) is 10.5. The van der Waals surface area contributed by atoms with Gasteiger partial charge in [-0.1, -0.05) is 11.6 Å². The van der Waals surface area contributed by atoms with Crippen LogP contribution in [-0.2, 0) is 4.74 Å². The van der Waals surface area contributed by atoms with E-state index in [1.165, 1.54) is 6.07 Å². The van der Waals surface area contributed by atoms with Crippen molar-refractivity contribution < 1.29 is 14.6 Å². The van der Waals surface area contributed by atoms with Gasteiger partial charge in [-0.25, -0.2) is 0 Å². The summed E-state index contributed by atoms with van der Waals surface area (Å²) in [4.78, 5) is 13.2. The van der Waals surface area contributed by atoms with Crippen molar-refractivity contribution >= 4 is 28.9 Å². The summed E-state index contributed by atoms with van der Waals surface area (Å²) in [7, 11) is 1.57. The number of nitrogens with two attached hydrogens (primary N) is 2. The number of hydrogen-bond donors (Lipinski definition) is 3. The lowest BCUT2D eigenvalue weighted by Gasteiger charge is -2.26. The average molecular weight is 288 g/mol. The van der Waals surface area contributed by atoms with Crippen molar-refractivity contribution in [1.29, 1.82) is 0 Å². The second kappa shape index (κ2) is 7.18. The van der Waals surface area contributed by atoms with Crippen molar-refractivity contribution in [2.24, 2.45) is 5.73 Å². The van der Waals surface area contributed by atoms with E-state index in [9.17, 15) is 4.79 Å². The predicted octanol–water partition coefficient (Wildman–Crippen LogP) is 0.466. The Morgan fingerprint density at radius 1 is 1.47 bits per heavy atom. The molecule has 0 aromatic heterocycles. The van der Waals surface area contributed by atoms with E-state index in [2.05, 4.69) is 0 Å². The molecule has 0 atom stereocenters. The van der Waals surface area contributed by atoms with Crippen molar-refractivity contribution in [2.75, 3.05) is 44.0 Å². The zero-order valence-electron chi connectivity index (χ0n) is 10.7. The molecule has 0 unspecified atom stereocenters. The number of nitrogen functional groups attached to an aromatic ring is 1. The number of nitrogens with zero attached hydrogens (tertiary/aromatic N) is 1. The molecule has 5 N–H and O–H groups in total. The zero-order valence-corrected chi connectivity index (χ0v) is 11.5. The maximum atomic E-state index is 11.5. The van der Waals surface area contributed by atoms with E-state index in [-0.39, 0.29) is 12.2 Å². The van der Waals surface area contributed by atoms with Gasteiger partial charge in [0.1, 0.15) is 0 Å². The lowest BCUT2D eigenvalue weighted by atomic mass is 10.1. The van der Waals surface area contributed by atoms with Crippen molar-refractivity contribution in [1.82, 2.24) is 0 Å². The molecular weight excluding hydrogens is 270 g/mol. The highest BCUT2D eigenvalue weighted by molar-refractivity contribution is 6.34. The Labute approximate surface area is 116 Å². The highest BCUT2D eigenvalue weighted by atomic mass is 35.5. The summed E-state index contributed by atoms with van der Waals surface area (Å²) in [6, 6.07) is 3.02. The Morgan fingerprint density at radius 3 is 2.68 bits per heavy atom. The summed E-state index contributed by atoms with van der Waals surface area (Å²) in [5, 5.41) is 9.42. The Bertz CT molecular complexity index is 454. The number of ether oxygens (including phenoxy) is 1. The number of amides is 1. The molecule has 0 fully saturated rings. The molecule has 1 rings (SSSR count). The summed E-state index contributed by atoms with van der Waals surface area (Å²) < 4.78 is 5.00. The summed E-state index contributed by atoms with van der Waals surface area (Å²) in [6.07, 6.45) is 0. The number of halogens is 1. The van der Waals surface area contributed by atoms with Gasteiger partial charge in [0.05, 0.1) is 29.5 Å². The predicted molar refractivity (Wildman–Crippen MR) is 75.6 cm³/mol. The number of aliphatic hydroxyl groups is 1. The Morgan fingerprint density at radius 2 is 2.16 bits per heavy atom. The summed E-state index contributed by atoms with van der Waals surface area (Å²) >= 11 is 6.14. The van der Waals surface area contributed by atoms with Gasteiger partial charge in [-0.05, 0) is 12.1 Å². The molecule has 1 amide bonds. The summed E-state index contributed by atoms with van der Waals surface area (Å²) in [5.41, 5.74) is 12.1. The van der Waals surface area contributed by atoms with E-state index in [0.29, 0.717) is 36.1 Å². The summed E-state index contributed by atoms with van der Waals surface area (Å²) in [6.45, 7) is 1.13. The molecule has 19 heavy (non-hydrogen) atoms. The molecule has 0 radical (unpaired) electrons. The van der Waals surface area contributed by atoms with E-state index in [1.807, 2.05) is 0 Å². The number of aliphatic hydroxyl groups excluding tert-OH is 1. The number of anilines is 2. The number of methoxy groups -OCH3 is 1. The van der Waals surface area contributed by atoms with Crippen LogP contribution in [0, 0.1) is 0 Å². The van der Waals surface area contributed by atoms with E-state index in [1.54, 1.807) is 18.1 Å². The molecular formula is C12H18ClN3O3. The number of rotatable bonds is 7. The monoisotopic (exact) mass is 287 g/mol. The number of benzene rings is 1. The smallest absolute Gasteiger partial charge is 0.250 e. The molecule has 0 saturated heterocycles. The molecule has 6 nitrogen and oxygen atoms in total. The van der Waals surface area contributed by atoms with Gasteiger partial charge >= 0.3 is 0 Å². The Hall–Kier alpha value is -1.50. The zero-order chi connectivity index (χ0) is 14.4. The highest BCUT2D eigenvalue weighted by Crippen LogP contribution is 2.32. The number of hydrogen-bond acceptors (Lipinski definition) is 5. The van der Waals surface area contributed by atoms with Crippen molar-refractivity contribution in [3.63, 3.8) is 0 Å². The minimum atomic E-state index is -0.621. The van der Waals surface area contributed by atoms with Crippen molar-refractivity contribution in [2.45, 2.75) is 0 Å². The van der Waals surface area contributed by atoms with Gasteiger partial charge in [-0.15, -0.1) is 0 Å². The summed E-state index contributed by atoms with van der Waals surface area (Å²) in [5.74, 6) is -0.621. The van der Waals surface area contributed by atoms with E-state index >= 15 is 0 Å². The molecule has 0 saturated carbocycles. The molecule has 106 valence electrons. The molecule has 1 aromatic rings. The van der Waals surface area contributed by atoms with Crippen LogP contribution in [0.2, 0.25) is 5.02 Å².